The molecule has 1 aliphatic carbocycles. The van der Waals surface area contributed by atoms with Gasteiger partial charge in [0.1, 0.15) is 0 Å². The van der Waals surface area contributed by atoms with Crippen LogP contribution >= 0.6 is 27.5 Å². The second-order valence-corrected chi connectivity index (χ2v) is 10.3. The molecule has 0 radical (unpaired) electrons. The molecule has 1 aliphatic rings. The van der Waals surface area contributed by atoms with Crippen molar-refractivity contribution >= 4 is 49.7 Å². The van der Waals surface area contributed by atoms with Crippen LogP contribution in [0.3, 0.4) is 0 Å². The Morgan fingerprint density at radius 3 is 2.47 bits per heavy atom. The molecule has 0 atom stereocenters. The first-order valence-electron chi connectivity index (χ1n) is 9.72. The van der Waals surface area contributed by atoms with Crippen molar-refractivity contribution in [3.05, 3.63) is 63.6 Å². The summed E-state index contributed by atoms with van der Waals surface area (Å²) in [6, 6.07) is 13.3. The van der Waals surface area contributed by atoms with Gasteiger partial charge in [-0.25, -0.2) is 13.8 Å². The van der Waals surface area contributed by atoms with Crippen LogP contribution in [0.25, 0.3) is 0 Å². The van der Waals surface area contributed by atoms with Crippen LogP contribution in [0.1, 0.15) is 37.7 Å². The number of carbonyl (C=O) groups excluding carboxylic acids is 1. The lowest BCUT2D eigenvalue weighted by molar-refractivity contribution is -0.121. The van der Waals surface area contributed by atoms with E-state index in [9.17, 15) is 13.2 Å². The van der Waals surface area contributed by atoms with Crippen LogP contribution in [-0.2, 0) is 14.8 Å². The van der Waals surface area contributed by atoms with Crippen molar-refractivity contribution < 1.29 is 13.2 Å². The summed E-state index contributed by atoms with van der Waals surface area (Å²) in [5.74, 6) is -0.485. The molecular formula is C21H23BrClN3O3S. The molecule has 1 N–H and O–H groups in total. The predicted octanol–water partition coefficient (Wildman–Crippen LogP) is 4.58. The molecule has 1 saturated carbocycles. The van der Waals surface area contributed by atoms with E-state index in [0.717, 1.165) is 42.1 Å². The summed E-state index contributed by atoms with van der Waals surface area (Å²) in [4.78, 5) is 12.7. The summed E-state index contributed by atoms with van der Waals surface area (Å²) in [7, 11) is -3.84. The van der Waals surface area contributed by atoms with Gasteiger partial charge in [0.15, 0.2) is 0 Å². The first kappa shape index (κ1) is 22.9. The van der Waals surface area contributed by atoms with E-state index < -0.39 is 15.9 Å². The SMILES string of the molecule is O=C(CN(C1CCCCC1)S(=O)(=O)c1ccc(Cl)cc1)N/N=C\c1ccccc1Br. The third-order valence-electron chi connectivity index (χ3n) is 5.00. The van der Waals surface area contributed by atoms with Gasteiger partial charge in [-0.3, -0.25) is 4.79 Å². The predicted molar refractivity (Wildman–Crippen MR) is 122 cm³/mol. The minimum atomic E-state index is -3.84. The van der Waals surface area contributed by atoms with Gasteiger partial charge in [-0.15, -0.1) is 0 Å². The Morgan fingerprint density at radius 2 is 1.80 bits per heavy atom. The molecule has 2 aromatic rings. The average Bonchev–Trinajstić information content (AvgIpc) is 2.74. The monoisotopic (exact) mass is 511 g/mol. The Morgan fingerprint density at radius 1 is 1.13 bits per heavy atom. The maximum absolute atomic E-state index is 13.3. The van der Waals surface area contributed by atoms with E-state index >= 15 is 0 Å². The molecule has 3 rings (SSSR count). The zero-order valence-corrected chi connectivity index (χ0v) is 19.5. The van der Waals surface area contributed by atoms with Gasteiger partial charge < -0.3 is 0 Å². The van der Waals surface area contributed by atoms with Crippen molar-refractivity contribution in [3.63, 3.8) is 0 Å². The quantitative estimate of drug-likeness (QED) is 0.436. The number of hydrogen-bond acceptors (Lipinski definition) is 4. The van der Waals surface area contributed by atoms with Crippen LogP contribution in [0.2, 0.25) is 5.02 Å². The minimum Gasteiger partial charge on any atom is -0.272 e. The molecule has 0 bridgehead atoms. The Kier molecular flexibility index (Phi) is 8.05. The maximum Gasteiger partial charge on any atom is 0.255 e. The second kappa shape index (κ2) is 10.5. The molecule has 160 valence electrons. The van der Waals surface area contributed by atoms with Crippen LogP contribution < -0.4 is 5.43 Å². The molecule has 0 heterocycles. The van der Waals surface area contributed by atoms with Crippen molar-refractivity contribution in [1.82, 2.24) is 9.73 Å². The highest BCUT2D eigenvalue weighted by molar-refractivity contribution is 9.10. The molecule has 0 aromatic heterocycles. The minimum absolute atomic E-state index is 0.127. The van der Waals surface area contributed by atoms with Crippen molar-refractivity contribution in [2.45, 2.75) is 43.0 Å². The average molecular weight is 513 g/mol. The third-order valence-corrected chi connectivity index (χ3v) is 7.89. The van der Waals surface area contributed by atoms with E-state index in [-0.39, 0.29) is 17.5 Å². The molecule has 0 spiro atoms. The van der Waals surface area contributed by atoms with Gasteiger partial charge in [0.2, 0.25) is 10.0 Å². The molecule has 6 nitrogen and oxygen atoms in total. The fourth-order valence-corrected chi connectivity index (χ4v) is 5.61. The lowest BCUT2D eigenvalue weighted by Gasteiger charge is -2.32. The highest BCUT2D eigenvalue weighted by atomic mass is 79.9. The van der Waals surface area contributed by atoms with Crippen LogP contribution in [-0.4, -0.2) is 37.4 Å². The molecule has 2 aromatic carbocycles. The molecule has 30 heavy (non-hydrogen) atoms. The number of nitrogens with one attached hydrogen (secondary N) is 1. The Hall–Kier alpha value is -1.74. The van der Waals surface area contributed by atoms with Gasteiger partial charge in [-0.05, 0) is 43.2 Å². The van der Waals surface area contributed by atoms with Gasteiger partial charge in [0.05, 0.1) is 17.7 Å². The number of benzene rings is 2. The fraction of sp³-hybridized carbons (Fsp3) is 0.333. The first-order valence-corrected chi connectivity index (χ1v) is 12.3. The first-order chi connectivity index (χ1) is 14.4. The lowest BCUT2D eigenvalue weighted by Crippen LogP contribution is -2.46. The topological polar surface area (TPSA) is 78.8 Å². The zero-order valence-electron chi connectivity index (χ0n) is 16.3. The number of amides is 1. The molecular weight excluding hydrogens is 490 g/mol. The summed E-state index contributed by atoms with van der Waals surface area (Å²) >= 11 is 9.31. The summed E-state index contributed by atoms with van der Waals surface area (Å²) in [5, 5.41) is 4.43. The van der Waals surface area contributed by atoms with Crippen molar-refractivity contribution in [2.24, 2.45) is 5.10 Å². The number of hydrazone groups is 1. The van der Waals surface area contributed by atoms with E-state index in [0.29, 0.717) is 5.02 Å². The van der Waals surface area contributed by atoms with Crippen LogP contribution in [0.15, 0.2) is 63.0 Å². The van der Waals surface area contributed by atoms with Gasteiger partial charge in [0, 0.05) is 21.1 Å². The molecule has 0 saturated heterocycles. The van der Waals surface area contributed by atoms with Crippen molar-refractivity contribution in [3.8, 4) is 0 Å². The van der Waals surface area contributed by atoms with Crippen molar-refractivity contribution in [2.75, 3.05) is 6.54 Å². The summed E-state index contributed by atoms with van der Waals surface area (Å²) in [5.41, 5.74) is 3.24. The smallest absolute Gasteiger partial charge is 0.255 e. The third kappa shape index (κ3) is 5.91. The Labute approximate surface area is 190 Å². The summed E-state index contributed by atoms with van der Waals surface area (Å²) in [6.45, 7) is -0.289. The van der Waals surface area contributed by atoms with Crippen LogP contribution in [0.5, 0.6) is 0 Å². The number of nitrogens with zero attached hydrogens (tertiary/aromatic N) is 2. The van der Waals surface area contributed by atoms with Crippen molar-refractivity contribution in [1.29, 1.82) is 0 Å². The highest BCUT2D eigenvalue weighted by Gasteiger charge is 2.33. The van der Waals surface area contributed by atoms with Gasteiger partial charge in [-0.2, -0.15) is 9.41 Å². The number of rotatable bonds is 7. The summed E-state index contributed by atoms with van der Waals surface area (Å²) < 4.78 is 28.7. The summed E-state index contributed by atoms with van der Waals surface area (Å²) in [6.07, 6.45) is 5.95. The Bertz CT molecular complexity index is 1010. The van der Waals surface area contributed by atoms with Crippen LogP contribution in [0.4, 0.5) is 0 Å². The van der Waals surface area contributed by atoms with E-state index in [4.69, 9.17) is 11.6 Å². The number of carbonyl (C=O) groups is 1. The second-order valence-electron chi connectivity index (χ2n) is 7.11. The van der Waals surface area contributed by atoms with Gasteiger partial charge in [-0.1, -0.05) is 65.0 Å². The highest BCUT2D eigenvalue weighted by Crippen LogP contribution is 2.28. The lowest BCUT2D eigenvalue weighted by atomic mass is 9.95. The maximum atomic E-state index is 13.3. The van der Waals surface area contributed by atoms with Crippen LogP contribution in [0, 0.1) is 0 Å². The molecule has 0 aliphatic heterocycles. The van der Waals surface area contributed by atoms with Gasteiger partial charge >= 0.3 is 0 Å². The van der Waals surface area contributed by atoms with E-state index in [1.54, 1.807) is 0 Å². The molecule has 1 amide bonds. The number of hydrogen-bond donors (Lipinski definition) is 1. The molecule has 0 unspecified atom stereocenters. The fourth-order valence-electron chi connectivity index (χ4n) is 3.45. The van der Waals surface area contributed by atoms with E-state index in [2.05, 4.69) is 26.5 Å². The number of halogens is 2. The number of sulfonamides is 1. The largest absolute Gasteiger partial charge is 0.272 e. The Balaban J connectivity index is 1.76. The van der Waals surface area contributed by atoms with E-state index in [1.165, 1.54) is 34.8 Å². The standard InChI is InChI=1S/C21H23BrClN3O3S/c22-20-9-5-4-6-16(20)14-24-25-21(27)15-26(18-7-2-1-3-8-18)30(28,29)19-12-10-17(23)11-13-19/h4-6,9-14,18H,1-3,7-8,15H2,(H,25,27)/b24-14-. The van der Waals surface area contributed by atoms with Gasteiger partial charge in [0.25, 0.3) is 5.91 Å². The van der Waals surface area contributed by atoms with E-state index in [1.807, 2.05) is 24.3 Å². The molecule has 1 fully saturated rings. The zero-order chi connectivity index (χ0) is 21.6. The normalized spacial score (nSPS) is 15.6. The molecule has 9 heteroatoms.